The molecule has 1 amide bonds. The number of rotatable bonds is 6. The molecule has 0 radical (unpaired) electrons. The van der Waals surface area contributed by atoms with Gasteiger partial charge in [0.25, 0.3) is 5.91 Å². The van der Waals surface area contributed by atoms with Crippen LogP contribution in [0.1, 0.15) is 11.1 Å². The van der Waals surface area contributed by atoms with E-state index in [1.54, 1.807) is 18.2 Å². The van der Waals surface area contributed by atoms with E-state index in [0.29, 0.717) is 12.3 Å². The maximum absolute atomic E-state index is 12.4. The lowest BCUT2D eigenvalue weighted by molar-refractivity contribution is -0.112. The van der Waals surface area contributed by atoms with E-state index in [-0.39, 0.29) is 5.57 Å². The van der Waals surface area contributed by atoms with Crippen LogP contribution in [0.25, 0.3) is 6.08 Å². The number of carbonyl (C=O) groups is 1. The van der Waals surface area contributed by atoms with E-state index in [2.05, 4.69) is 66.4 Å². The van der Waals surface area contributed by atoms with Crippen molar-refractivity contribution in [1.29, 1.82) is 5.26 Å². The summed E-state index contributed by atoms with van der Waals surface area (Å²) in [5, 5.41) is 12.2. The van der Waals surface area contributed by atoms with Crippen LogP contribution in [0.2, 0.25) is 0 Å². The van der Waals surface area contributed by atoms with Crippen LogP contribution in [0.4, 0.5) is 5.69 Å². The normalized spacial score (nSPS) is 10.9. The Balaban J connectivity index is 1.76. The topological polar surface area (TPSA) is 62.1 Å². The van der Waals surface area contributed by atoms with Crippen molar-refractivity contribution >= 4 is 78.8 Å². The van der Waals surface area contributed by atoms with Crippen molar-refractivity contribution in [2.75, 3.05) is 5.32 Å². The number of carbonyl (C=O) groups excluding carboxylic acids is 1. The summed E-state index contributed by atoms with van der Waals surface area (Å²) >= 11 is 7.84. The molecule has 0 aromatic heterocycles. The van der Waals surface area contributed by atoms with Crippen molar-refractivity contribution in [3.8, 4) is 11.8 Å². The first kappa shape index (κ1) is 22.8. The molecule has 150 valence electrons. The highest BCUT2D eigenvalue weighted by atomic mass is 127. The predicted molar refractivity (Wildman–Crippen MR) is 139 cm³/mol. The molecule has 3 aromatic carbocycles. The molecule has 0 saturated heterocycles. The van der Waals surface area contributed by atoms with Crippen LogP contribution >= 0.6 is 61.1 Å². The summed E-state index contributed by atoms with van der Waals surface area (Å²) < 4.78 is 8.85. The molecule has 3 rings (SSSR count). The number of hydrogen-bond donors (Lipinski definition) is 1. The average molecular weight is 685 g/mol. The molecule has 7 heteroatoms. The lowest BCUT2D eigenvalue weighted by Crippen LogP contribution is -2.13. The first-order chi connectivity index (χ1) is 14.5. The Bertz CT molecular complexity index is 1100. The van der Waals surface area contributed by atoms with Crippen molar-refractivity contribution in [2.45, 2.75) is 6.61 Å². The summed E-state index contributed by atoms with van der Waals surface area (Å²) in [7, 11) is 0. The third-order valence-electron chi connectivity index (χ3n) is 4.02. The first-order valence-corrected chi connectivity index (χ1v) is 11.8. The van der Waals surface area contributed by atoms with Crippen molar-refractivity contribution in [3.63, 3.8) is 0 Å². The fourth-order valence-electron chi connectivity index (χ4n) is 2.57. The smallest absolute Gasteiger partial charge is 0.266 e. The van der Waals surface area contributed by atoms with Crippen molar-refractivity contribution in [3.05, 3.63) is 95.0 Å². The van der Waals surface area contributed by atoms with Gasteiger partial charge in [0, 0.05) is 10.2 Å². The van der Waals surface area contributed by atoms with E-state index in [9.17, 15) is 10.1 Å². The van der Waals surface area contributed by atoms with Crippen molar-refractivity contribution in [1.82, 2.24) is 0 Å². The molecule has 0 fully saturated rings. The number of hydrogen-bond acceptors (Lipinski definition) is 3. The van der Waals surface area contributed by atoms with E-state index in [4.69, 9.17) is 4.74 Å². The van der Waals surface area contributed by atoms with Crippen LogP contribution < -0.4 is 10.1 Å². The van der Waals surface area contributed by atoms with E-state index >= 15 is 0 Å². The Morgan fingerprint density at radius 2 is 1.70 bits per heavy atom. The molecule has 0 unspecified atom stereocenters. The number of ether oxygens (including phenoxy) is 1. The van der Waals surface area contributed by atoms with Gasteiger partial charge in [-0.05, 0) is 98.8 Å². The minimum Gasteiger partial charge on any atom is -0.487 e. The third-order valence-corrected chi connectivity index (χ3v) is 6.16. The van der Waals surface area contributed by atoms with Gasteiger partial charge < -0.3 is 10.1 Å². The number of para-hydroxylation sites is 1. The van der Waals surface area contributed by atoms with Crippen molar-refractivity contribution in [2.24, 2.45) is 0 Å². The Morgan fingerprint density at radius 1 is 1.07 bits per heavy atom. The second kappa shape index (κ2) is 10.9. The molecule has 0 aliphatic carbocycles. The van der Waals surface area contributed by atoms with E-state index < -0.39 is 5.91 Å². The molecular weight excluding hydrogens is 670 g/mol. The summed E-state index contributed by atoms with van der Waals surface area (Å²) in [5.41, 5.74) is 2.51. The van der Waals surface area contributed by atoms with E-state index in [1.165, 1.54) is 0 Å². The quantitative estimate of drug-likeness (QED) is 0.177. The maximum atomic E-state index is 12.4. The van der Waals surface area contributed by atoms with E-state index in [1.807, 2.05) is 60.7 Å². The minimum absolute atomic E-state index is 0.0361. The van der Waals surface area contributed by atoms with Crippen LogP contribution in [0, 0.1) is 18.5 Å². The number of halogens is 3. The highest BCUT2D eigenvalue weighted by Gasteiger charge is 2.13. The molecule has 30 heavy (non-hydrogen) atoms. The molecule has 4 nitrogen and oxygen atoms in total. The first-order valence-electron chi connectivity index (χ1n) is 8.81. The van der Waals surface area contributed by atoms with Crippen LogP contribution in [0.15, 0.2) is 76.8 Å². The molecule has 0 atom stereocenters. The molecule has 1 N–H and O–H groups in total. The highest BCUT2D eigenvalue weighted by molar-refractivity contribution is 14.1. The Kier molecular flexibility index (Phi) is 8.30. The Hall–Kier alpha value is -1.90. The zero-order valence-electron chi connectivity index (χ0n) is 15.5. The average Bonchev–Trinajstić information content (AvgIpc) is 2.73. The predicted octanol–water partition coefficient (Wildman–Crippen LogP) is 6.78. The standard InChI is InChI=1S/C23H15BrI2N2O2/c24-18-8-6-15(7-9-18)14-30-22-20(25)11-16(12-21(22)26)10-17(13-27)23(29)28-19-4-2-1-3-5-19/h1-12H,14H2,(H,28,29). The lowest BCUT2D eigenvalue weighted by atomic mass is 10.1. The number of nitrogens with zero attached hydrogens (tertiary/aromatic N) is 1. The molecule has 0 spiro atoms. The van der Waals surface area contributed by atoms with Gasteiger partial charge in [0.1, 0.15) is 24.0 Å². The second-order valence-corrected chi connectivity index (χ2v) is 9.46. The molecule has 0 bridgehead atoms. The number of nitrogens with one attached hydrogen (secondary N) is 1. The maximum Gasteiger partial charge on any atom is 0.266 e. The molecule has 0 aliphatic heterocycles. The van der Waals surface area contributed by atoms with E-state index in [0.717, 1.165) is 28.5 Å². The molecule has 0 heterocycles. The lowest BCUT2D eigenvalue weighted by Gasteiger charge is -2.12. The van der Waals surface area contributed by atoms with Gasteiger partial charge in [-0.2, -0.15) is 5.26 Å². The van der Waals surface area contributed by atoms with Gasteiger partial charge in [0.05, 0.1) is 7.14 Å². The Labute approximate surface area is 210 Å². The second-order valence-electron chi connectivity index (χ2n) is 6.22. The fraction of sp³-hybridized carbons (Fsp3) is 0.0435. The van der Waals surface area contributed by atoms with Gasteiger partial charge in [-0.3, -0.25) is 4.79 Å². The summed E-state index contributed by atoms with van der Waals surface area (Å²) in [6.07, 6.45) is 1.58. The SMILES string of the molecule is N#CC(=Cc1cc(I)c(OCc2ccc(Br)cc2)c(I)c1)C(=O)Nc1ccccc1. The Morgan fingerprint density at radius 3 is 2.30 bits per heavy atom. The van der Waals surface area contributed by atoms with Gasteiger partial charge in [-0.15, -0.1) is 0 Å². The molecule has 3 aromatic rings. The fourth-order valence-corrected chi connectivity index (χ4v) is 4.96. The largest absolute Gasteiger partial charge is 0.487 e. The van der Waals surface area contributed by atoms with Gasteiger partial charge in [-0.1, -0.05) is 46.3 Å². The molecule has 0 aliphatic rings. The van der Waals surface area contributed by atoms with Gasteiger partial charge in [-0.25, -0.2) is 0 Å². The van der Waals surface area contributed by atoms with Crippen LogP contribution in [-0.2, 0) is 11.4 Å². The van der Waals surface area contributed by atoms with Gasteiger partial charge in [0.15, 0.2) is 0 Å². The van der Waals surface area contributed by atoms with Crippen LogP contribution in [-0.4, -0.2) is 5.91 Å². The summed E-state index contributed by atoms with van der Waals surface area (Å²) in [5.74, 6) is 0.341. The number of benzene rings is 3. The highest BCUT2D eigenvalue weighted by Crippen LogP contribution is 2.30. The number of nitriles is 1. The molecule has 0 saturated carbocycles. The summed E-state index contributed by atoms with van der Waals surface area (Å²) in [4.78, 5) is 12.4. The van der Waals surface area contributed by atoms with Gasteiger partial charge in [0.2, 0.25) is 0 Å². The van der Waals surface area contributed by atoms with Gasteiger partial charge >= 0.3 is 0 Å². The summed E-state index contributed by atoms with van der Waals surface area (Å²) in [6, 6.07) is 22.8. The van der Waals surface area contributed by atoms with Crippen molar-refractivity contribution < 1.29 is 9.53 Å². The zero-order valence-corrected chi connectivity index (χ0v) is 21.4. The van der Waals surface area contributed by atoms with Crippen LogP contribution in [0.3, 0.4) is 0 Å². The minimum atomic E-state index is -0.440. The summed E-state index contributed by atoms with van der Waals surface area (Å²) in [6.45, 7) is 0.456. The number of anilines is 1. The molecular formula is C23H15BrI2N2O2. The monoisotopic (exact) mass is 684 g/mol. The third kappa shape index (κ3) is 6.30. The van der Waals surface area contributed by atoms with Crippen LogP contribution in [0.5, 0.6) is 5.75 Å². The number of amides is 1. The zero-order chi connectivity index (χ0) is 21.5.